The van der Waals surface area contributed by atoms with Crippen molar-refractivity contribution in [2.45, 2.75) is 6.42 Å². The van der Waals surface area contributed by atoms with Gasteiger partial charge in [-0.2, -0.15) is 0 Å². The Bertz CT molecular complexity index is 982. The van der Waals surface area contributed by atoms with E-state index in [1.54, 1.807) is 42.7 Å². The Labute approximate surface area is 163 Å². The van der Waals surface area contributed by atoms with Crippen molar-refractivity contribution in [1.82, 2.24) is 15.3 Å². The molecule has 0 atom stereocenters. The summed E-state index contributed by atoms with van der Waals surface area (Å²) in [5.41, 5.74) is 2.46. The fraction of sp³-hybridized carbons (Fsp3) is 0.227. The molecule has 3 heterocycles. The number of hydrogen-bond donors (Lipinski definition) is 2. The van der Waals surface area contributed by atoms with Gasteiger partial charge in [-0.3, -0.25) is 9.78 Å². The Balaban J connectivity index is 1.61. The van der Waals surface area contributed by atoms with Crippen molar-refractivity contribution in [1.29, 1.82) is 0 Å². The Kier molecular flexibility index (Phi) is 5.30. The Morgan fingerprint density at radius 1 is 1.00 bits per heavy atom. The van der Waals surface area contributed by atoms with Gasteiger partial charge in [-0.25, -0.2) is 4.98 Å². The van der Waals surface area contributed by atoms with Gasteiger partial charge in [0.15, 0.2) is 0 Å². The van der Waals surface area contributed by atoms with Gasteiger partial charge in [0.2, 0.25) is 5.78 Å². The highest BCUT2D eigenvalue weighted by Gasteiger charge is 2.16. The van der Waals surface area contributed by atoms with Gasteiger partial charge >= 0.3 is 0 Å². The van der Waals surface area contributed by atoms with Gasteiger partial charge in [-0.1, -0.05) is 18.2 Å². The molecule has 1 fully saturated rings. The van der Waals surface area contributed by atoms with E-state index < -0.39 is 0 Å². The number of carbonyl (C=O) groups is 1. The average molecular weight is 374 g/mol. The number of phenolic OH excluding ortho intramolecular Hbond substituents is 1. The van der Waals surface area contributed by atoms with E-state index in [-0.39, 0.29) is 11.5 Å². The van der Waals surface area contributed by atoms with Gasteiger partial charge in [0.1, 0.15) is 17.3 Å². The number of pyridine rings is 2. The molecule has 2 N–H and O–H groups in total. The zero-order valence-corrected chi connectivity index (χ0v) is 15.5. The van der Waals surface area contributed by atoms with Crippen LogP contribution in [0.2, 0.25) is 0 Å². The van der Waals surface area contributed by atoms with Crippen LogP contribution in [0.3, 0.4) is 0 Å². The number of phenols is 1. The number of aromatic hydroxyl groups is 1. The van der Waals surface area contributed by atoms with Crippen LogP contribution in [0.1, 0.15) is 22.5 Å². The van der Waals surface area contributed by atoms with Crippen LogP contribution < -0.4 is 10.2 Å². The molecule has 0 spiro atoms. The van der Waals surface area contributed by atoms with Crippen molar-refractivity contribution in [3.8, 4) is 16.9 Å². The number of hydrogen-bond acceptors (Lipinski definition) is 6. The zero-order chi connectivity index (χ0) is 19.3. The summed E-state index contributed by atoms with van der Waals surface area (Å²) in [7, 11) is 0. The number of carbonyl (C=O) groups excluding carboxylic acids is 1. The maximum absolute atomic E-state index is 13.0. The number of aromatic nitrogens is 2. The fourth-order valence-corrected chi connectivity index (χ4v) is 3.36. The standard InChI is InChI=1S/C22H22N4O2/c27-19-5-1-4-16(13-19)17-12-18(15-24-14-17)22(28)20-6-2-7-21(25-20)26-10-3-8-23-9-11-26/h1-2,4-7,12-15,23,27H,3,8-11H2. The third kappa shape index (κ3) is 4.02. The van der Waals surface area contributed by atoms with E-state index in [0.717, 1.165) is 49.5 Å². The van der Waals surface area contributed by atoms with E-state index in [2.05, 4.69) is 20.2 Å². The number of benzene rings is 1. The van der Waals surface area contributed by atoms with Gasteiger partial charge < -0.3 is 15.3 Å². The largest absolute Gasteiger partial charge is 0.508 e. The SMILES string of the molecule is O=C(c1cncc(-c2cccc(O)c2)c1)c1cccc(N2CCCNCC2)n1. The third-order valence-corrected chi connectivity index (χ3v) is 4.81. The summed E-state index contributed by atoms with van der Waals surface area (Å²) in [6.07, 6.45) is 4.29. The van der Waals surface area contributed by atoms with Crippen LogP contribution in [0.4, 0.5) is 5.82 Å². The number of nitrogens with zero attached hydrogens (tertiary/aromatic N) is 3. The predicted octanol–water partition coefficient (Wildman–Crippen LogP) is 2.88. The van der Waals surface area contributed by atoms with Gasteiger partial charge in [-0.05, 0) is 48.9 Å². The molecule has 1 aromatic carbocycles. The van der Waals surface area contributed by atoms with Crippen LogP contribution in [0.15, 0.2) is 60.9 Å². The highest BCUT2D eigenvalue weighted by atomic mass is 16.3. The summed E-state index contributed by atoms with van der Waals surface area (Å²) in [4.78, 5) is 24.0. The van der Waals surface area contributed by atoms with Gasteiger partial charge in [0, 0.05) is 43.2 Å². The Hall–Kier alpha value is -3.25. The second-order valence-electron chi connectivity index (χ2n) is 6.81. The molecule has 6 nitrogen and oxygen atoms in total. The van der Waals surface area contributed by atoms with Crippen LogP contribution in [-0.4, -0.2) is 47.0 Å². The second-order valence-corrected chi connectivity index (χ2v) is 6.81. The van der Waals surface area contributed by atoms with Crippen molar-refractivity contribution < 1.29 is 9.90 Å². The molecule has 142 valence electrons. The Morgan fingerprint density at radius 2 is 1.89 bits per heavy atom. The summed E-state index contributed by atoms with van der Waals surface area (Å²) in [5, 5.41) is 13.1. The lowest BCUT2D eigenvalue weighted by Gasteiger charge is -2.21. The first-order valence-electron chi connectivity index (χ1n) is 9.42. The van der Waals surface area contributed by atoms with E-state index in [0.29, 0.717) is 11.3 Å². The van der Waals surface area contributed by atoms with Gasteiger partial charge in [-0.15, -0.1) is 0 Å². The van der Waals surface area contributed by atoms with Crippen molar-refractivity contribution in [2.24, 2.45) is 0 Å². The average Bonchev–Trinajstić information content (AvgIpc) is 3.03. The number of rotatable bonds is 4. The molecule has 0 unspecified atom stereocenters. The molecule has 4 rings (SSSR count). The van der Waals surface area contributed by atoms with Crippen LogP contribution in [0.5, 0.6) is 5.75 Å². The first-order valence-corrected chi connectivity index (χ1v) is 9.42. The second kappa shape index (κ2) is 8.19. The highest BCUT2D eigenvalue weighted by molar-refractivity contribution is 6.08. The highest BCUT2D eigenvalue weighted by Crippen LogP contribution is 2.24. The molecular weight excluding hydrogens is 352 g/mol. The normalized spacial score (nSPS) is 14.5. The number of nitrogens with one attached hydrogen (secondary N) is 1. The molecule has 0 amide bonds. The molecule has 0 saturated carbocycles. The van der Waals surface area contributed by atoms with E-state index >= 15 is 0 Å². The van der Waals surface area contributed by atoms with Crippen molar-refractivity contribution in [3.63, 3.8) is 0 Å². The van der Waals surface area contributed by atoms with E-state index in [1.165, 1.54) is 0 Å². The topological polar surface area (TPSA) is 78.3 Å². The molecule has 1 saturated heterocycles. The third-order valence-electron chi connectivity index (χ3n) is 4.81. The molecule has 6 heteroatoms. The minimum Gasteiger partial charge on any atom is -0.508 e. The lowest BCUT2D eigenvalue weighted by Crippen LogP contribution is -2.28. The maximum atomic E-state index is 13.0. The molecular formula is C22H22N4O2. The zero-order valence-electron chi connectivity index (χ0n) is 15.5. The van der Waals surface area contributed by atoms with Crippen molar-refractivity contribution in [2.75, 3.05) is 31.1 Å². The smallest absolute Gasteiger partial charge is 0.212 e. The summed E-state index contributed by atoms with van der Waals surface area (Å²) in [6, 6.07) is 14.2. The first-order chi connectivity index (χ1) is 13.7. The summed E-state index contributed by atoms with van der Waals surface area (Å²) < 4.78 is 0. The molecule has 2 aromatic heterocycles. The summed E-state index contributed by atoms with van der Waals surface area (Å²) in [6.45, 7) is 3.71. The monoisotopic (exact) mass is 374 g/mol. The molecule has 1 aliphatic rings. The minimum atomic E-state index is -0.163. The van der Waals surface area contributed by atoms with Crippen molar-refractivity contribution >= 4 is 11.6 Å². The van der Waals surface area contributed by atoms with Crippen LogP contribution in [-0.2, 0) is 0 Å². The molecule has 3 aromatic rings. The van der Waals surface area contributed by atoms with E-state index in [1.807, 2.05) is 18.2 Å². The first kappa shape index (κ1) is 18.1. The maximum Gasteiger partial charge on any atom is 0.212 e. The number of ketones is 1. The quantitative estimate of drug-likeness (QED) is 0.684. The minimum absolute atomic E-state index is 0.163. The molecule has 0 aliphatic carbocycles. The van der Waals surface area contributed by atoms with Gasteiger partial charge in [0.05, 0.1) is 0 Å². The number of anilines is 1. The van der Waals surface area contributed by atoms with Gasteiger partial charge in [0.25, 0.3) is 0 Å². The molecule has 28 heavy (non-hydrogen) atoms. The lowest BCUT2D eigenvalue weighted by molar-refractivity contribution is 0.103. The molecule has 0 radical (unpaired) electrons. The van der Waals surface area contributed by atoms with E-state index in [4.69, 9.17) is 0 Å². The van der Waals surface area contributed by atoms with Crippen molar-refractivity contribution in [3.05, 3.63) is 72.2 Å². The van der Waals surface area contributed by atoms with Crippen LogP contribution >= 0.6 is 0 Å². The summed E-state index contributed by atoms with van der Waals surface area (Å²) in [5.74, 6) is 0.839. The van der Waals surface area contributed by atoms with E-state index in [9.17, 15) is 9.90 Å². The molecule has 1 aliphatic heterocycles. The fourth-order valence-electron chi connectivity index (χ4n) is 3.36. The molecule has 0 bridgehead atoms. The predicted molar refractivity (Wildman–Crippen MR) is 109 cm³/mol. The summed E-state index contributed by atoms with van der Waals surface area (Å²) >= 11 is 0. The lowest BCUT2D eigenvalue weighted by atomic mass is 10.0. The van der Waals surface area contributed by atoms with Crippen LogP contribution in [0.25, 0.3) is 11.1 Å². The Morgan fingerprint density at radius 3 is 2.79 bits per heavy atom. The van der Waals surface area contributed by atoms with Crippen LogP contribution in [0, 0.1) is 0 Å².